The molecule has 23 heavy (non-hydrogen) atoms. The summed E-state index contributed by atoms with van der Waals surface area (Å²) in [7, 11) is 1.69. The van der Waals surface area contributed by atoms with Gasteiger partial charge in [0, 0.05) is 12.6 Å². The molecule has 1 unspecified atom stereocenters. The summed E-state index contributed by atoms with van der Waals surface area (Å²) in [5.41, 5.74) is 1.54. The second-order valence-electron chi connectivity index (χ2n) is 4.60. The molecule has 0 heterocycles. The quantitative estimate of drug-likeness (QED) is 0.332. The molecule has 0 bridgehead atoms. The molecule has 0 radical (unpaired) electrons. The Hall–Kier alpha value is -2.17. The van der Waals surface area contributed by atoms with E-state index in [1.54, 1.807) is 49.4 Å². The summed E-state index contributed by atoms with van der Waals surface area (Å²) in [6.07, 6.45) is 2.50. The standard InChI is InChI=1S/C16H17N2O3PS/c1-18(17-11-13-3-7-15(20-2)8-4-13)22(23)21-16-9-5-14(12-19)6-10-16/h3-12,22H,1-2H3/b17-11+. The van der Waals surface area contributed by atoms with E-state index in [1.807, 2.05) is 24.3 Å². The third kappa shape index (κ3) is 5.20. The fraction of sp³-hybridized carbons (Fsp3) is 0.125. The second kappa shape index (κ2) is 8.46. The van der Waals surface area contributed by atoms with Gasteiger partial charge in [0.2, 0.25) is 7.07 Å². The van der Waals surface area contributed by atoms with E-state index in [4.69, 9.17) is 21.1 Å². The maximum Gasteiger partial charge on any atom is 0.207 e. The Bertz CT molecular complexity index is 702. The molecule has 2 rings (SSSR count). The van der Waals surface area contributed by atoms with Crippen LogP contribution in [0.1, 0.15) is 15.9 Å². The van der Waals surface area contributed by atoms with Crippen LogP contribution in [0, 0.1) is 0 Å². The van der Waals surface area contributed by atoms with Crippen LogP contribution in [-0.4, -0.2) is 31.4 Å². The molecule has 0 spiro atoms. The van der Waals surface area contributed by atoms with Gasteiger partial charge in [-0.1, -0.05) is 0 Å². The van der Waals surface area contributed by atoms with Crippen molar-refractivity contribution in [1.29, 1.82) is 0 Å². The van der Waals surface area contributed by atoms with E-state index in [9.17, 15) is 4.79 Å². The minimum atomic E-state index is -1.72. The maximum atomic E-state index is 10.6. The Morgan fingerprint density at radius 3 is 2.17 bits per heavy atom. The first-order valence-corrected chi connectivity index (χ1v) is 9.30. The predicted octanol–water partition coefficient (Wildman–Crippen LogP) is 3.36. The number of ether oxygens (including phenoxy) is 1. The molecule has 0 saturated carbocycles. The second-order valence-corrected chi connectivity index (χ2v) is 7.03. The van der Waals surface area contributed by atoms with Crippen molar-refractivity contribution in [3.05, 3.63) is 59.7 Å². The van der Waals surface area contributed by atoms with Gasteiger partial charge in [0.1, 0.15) is 17.8 Å². The molecule has 2 aromatic rings. The number of methoxy groups -OCH3 is 1. The average molecular weight is 348 g/mol. The number of rotatable bonds is 7. The van der Waals surface area contributed by atoms with Gasteiger partial charge in [0.15, 0.2) is 0 Å². The Labute approximate surface area is 141 Å². The van der Waals surface area contributed by atoms with Crippen LogP contribution < -0.4 is 9.26 Å². The number of hydrogen-bond donors (Lipinski definition) is 0. The summed E-state index contributed by atoms with van der Waals surface area (Å²) < 4.78 is 12.4. The Morgan fingerprint density at radius 1 is 1.04 bits per heavy atom. The third-order valence-corrected chi connectivity index (χ3v) is 5.08. The lowest BCUT2D eigenvalue weighted by atomic mass is 10.2. The van der Waals surface area contributed by atoms with E-state index in [1.165, 1.54) is 0 Å². The van der Waals surface area contributed by atoms with Gasteiger partial charge in [-0.2, -0.15) is 5.10 Å². The lowest BCUT2D eigenvalue weighted by Gasteiger charge is -2.16. The fourth-order valence-electron chi connectivity index (χ4n) is 1.67. The molecule has 7 heteroatoms. The number of carbonyl (C=O) groups excluding carboxylic acids is 1. The summed E-state index contributed by atoms with van der Waals surface area (Å²) in [5.74, 6) is 1.43. The van der Waals surface area contributed by atoms with E-state index in [2.05, 4.69) is 5.10 Å². The highest BCUT2D eigenvalue weighted by molar-refractivity contribution is 8.02. The minimum absolute atomic E-state index is 0.598. The first-order valence-electron chi connectivity index (χ1n) is 6.81. The first kappa shape index (κ1) is 17.2. The van der Waals surface area contributed by atoms with Crippen molar-refractivity contribution in [2.45, 2.75) is 0 Å². The van der Waals surface area contributed by atoms with Crippen molar-refractivity contribution in [2.75, 3.05) is 14.2 Å². The molecule has 0 aliphatic heterocycles. The monoisotopic (exact) mass is 348 g/mol. The van der Waals surface area contributed by atoms with Gasteiger partial charge in [-0.25, -0.2) is 4.78 Å². The van der Waals surface area contributed by atoms with E-state index in [-0.39, 0.29) is 0 Å². The summed E-state index contributed by atoms with van der Waals surface area (Å²) in [5, 5.41) is 4.31. The predicted molar refractivity (Wildman–Crippen MR) is 96.5 cm³/mol. The van der Waals surface area contributed by atoms with Gasteiger partial charge >= 0.3 is 0 Å². The molecule has 0 aliphatic rings. The molecule has 0 aromatic heterocycles. The summed E-state index contributed by atoms with van der Waals surface area (Å²) in [6.45, 7) is 0. The number of benzene rings is 2. The Morgan fingerprint density at radius 2 is 1.61 bits per heavy atom. The van der Waals surface area contributed by atoms with Crippen molar-refractivity contribution >= 4 is 31.4 Å². The number of hydrazone groups is 1. The first-order chi connectivity index (χ1) is 11.1. The molecule has 0 fully saturated rings. The average Bonchev–Trinajstić information content (AvgIpc) is 2.60. The zero-order valence-corrected chi connectivity index (χ0v) is 14.6. The van der Waals surface area contributed by atoms with Crippen LogP contribution in [0.4, 0.5) is 0 Å². The number of aldehydes is 1. The zero-order chi connectivity index (χ0) is 16.7. The smallest absolute Gasteiger partial charge is 0.207 e. The van der Waals surface area contributed by atoms with E-state index in [0.717, 1.165) is 17.6 Å². The topological polar surface area (TPSA) is 51.1 Å². The normalized spacial score (nSPS) is 11.9. The van der Waals surface area contributed by atoms with Crippen LogP contribution in [0.5, 0.6) is 11.5 Å². The van der Waals surface area contributed by atoms with Gasteiger partial charge in [-0.3, -0.25) is 4.79 Å². The molecular formula is C16H17N2O3PS. The molecule has 2 aromatic carbocycles. The van der Waals surface area contributed by atoms with Gasteiger partial charge in [0.05, 0.1) is 13.3 Å². The van der Waals surface area contributed by atoms with Gasteiger partial charge in [-0.15, -0.1) is 0 Å². The molecule has 0 amide bonds. The Balaban J connectivity index is 1.95. The molecular weight excluding hydrogens is 331 g/mol. The van der Waals surface area contributed by atoms with Gasteiger partial charge in [-0.05, 0) is 65.9 Å². The van der Waals surface area contributed by atoms with Crippen LogP contribution >= 0.6 is 7.07 Å². The summed E-state index contributed by atoms with van der Waals surface area (Å²) in [4.78, 5) is 10.6. The number of carbonyl (C=O) groups is 1. The van der Waals surface area contributed by atoms with Crippen molar-refractivity contribution in [3.8, 4) is 11.5 Å². The highest BCUT2D eigenvalue weighted by Crippen LogP contribution is 2.30. The van der Waals surface area contributed by atoms with Crippen molar-refractivity contribution in [3.63, 3.8) is 0 Å². The van der Waals surface area contributed by atoms with Crippen molar-refractivity contribution in [1.82, 2.24) is 4.78 Å². The van der Waals surface area contributed by atoms with Crippen LogP contribution in [-0.2, 0) is 11.8 Å². The SMILES string of the molecule is COc1ccc(/C=N/N(C)[PH](=S)Oc2ccc(C=O)cc2)cc1. The largest absolute Gasteiger partial charge is 0.497 e. The molecule has 5 nitrogen and oxygen atoms in total. The van der Waals surface area contributed by atoms with Crippen molar-refractivity contribution in [2.24, 2.45) is 5.10 Å². The van der Waals surface area contributed by atoms with E-state index in [0.29, 0.717) is 11.3 Å². The summed E-state index contributed by atoms with van der Waals surface area (Å²) >= 11 is 5.36. The summed E-state index contributed by atoms with van der Waals surface area (Å²) in [6, 6.07) is 14.4. The zero-order valence-electron chi connectivity index (χ0n) is 12.8. The number of hydrogen-bond acceptors (Lipinski definition) is 5. The van der Waals surface area contributed by atoms with Crippen molar-refractivity contribution < 1.29 is 14.1 Å². The van der Waals surface area contributed by atoms with Crippen LogP contribution in [0.3, 0.4) is 0 Å². The molecule has 0 N–H and O–H groups in total. The lowest BCUT2D eigenvalue weighted by molar-refractivity contribution is 0.112. The fourth-order valence-corrected chi connectivity index (χ4v) is 2.72. The van der Waals surface area contributed by atoms with Crippen LogP contribution in [0.2, 0.25) is 0 Å². The van der Waals surface area contributed by atoms with Crippen LogP contribution in [0.15, 0.2) is 53.6 Å². The Kier molecular flexibility index (Phi) is 6.32. The van der Waals surface area contributed by atoms with Crippen LogP contribution in [0.25, 0.3) is 0 Å². The van der Waals surface area contributed by atoms with E-state index >= 15 is 0 Å². The number of nitrogens with zero attached hydrogens (tertiary/aromatic N) is 2. The molecule has 1 atom stereocenters. The van der Waals surface area contributed by atoms with E-state index < -0.39 is 7.07 Å². The minimum Gasteiger partial charge on any atom is -0.497 e. The molecule has 0 aliphatic carbocycles. The van der Waals surface area contributed by atoms with Gasteiger partial charge in [0.25, 0.3) is 0 Å². The molecule has 0 saturated heterocycles. The highest BCUT2D eigenvalue weighted by atomic mass is 32.4. The maximum absolute atomic E-state index is 10.6. The lowest BCUT2D eigenvalue weighted by Crippen LogP contribution is -2.03. The van der Waals surface area contributed by atoms with Gasteiger partial charge < -0.3 is 9.26 Å². The molecule has 120 valence electrons. The third-order valence-electron chi connectivity index (χ3n) is 2.98. The highest BCUT2D eigenvalue weighted by Gasteiger charge is 2.03.